The summed E-state index contributed by atoms with van der Waals surface area (Å²) < 4.78 is 20.8. The van der Waals surface area contributed by atoms with Gasteiger partial charge in [-0.05, 0) is 55.8 Å². The van der Waals surface area contributed by atoms with Gasteiger partial charge < -0.3 is 14.3 Å². The van der Waals surface area contributed by atoms with Crippen molar-refractivity contribution < 1.29 is 14.1 Å². The first-order valence-electron chi connectivity index (χ1n) is 9.61. The molecule has 0 unspecified atom stereocenters. The van der Waals surface area contributed by atoms with Crippen LogP contribution in [0.3, 0.4) is 0 Å². The maximum absolute atomic E-state index is 13.5. The fourth-order valence-corrected chi connectivity index (χ4v) is 3.69. The molecule has 0 spiro atoms. The number of H-pyrrole nitrogens is 1. The molecule has 2 aromatic carbocycles. The number of benzene rings is 2. The van der Waals surface area contributed by atoms with E-state index in [1.165, 1.54) is 31.4 Å². The van der Waals surface area contributed by atoms with Gasteiger partial charge in [0.05, 0.1) is 40.4 Å². The molecule has 8 nitrogen and oxygen atoms in total. The lowest BCUT2D eigenvalue weighted by molar-refractivity contribution is -0.384. The minimum absolute atomic E-state index is 0.0683. The van der Waals surface area contributed by atoms with Crippen LogP contribution in [0.5, 0.6) is 5.75 Å². The summed E-state index contributed by atoms with van der Waals surface area (Å²) in [6.07, 6.45) is 1.70. The van der Waals surface area contributed by atoms with Crippen LogP contribution < -0.4 is 4.74 Å². The van der Waals surface area contributed by atoms with Crippen molar-refractivity contribution in [2.75, 3.05) is 7.11 Å². The Balaban J connectivity index is 1.81. The van der Waals surface area contributed by atoms with Gasteiger partial charge in [-0.2, -0.15) is 5.26 Å². The number of aryl methyl sites for hydroxylation is 1. The van der Waals surface area contributed by atoms with E-state index in [1.54, 1.807) is 18.2 Å². The lowest BCUT2D eigenvalue weighted by atomic mass is 10.1. The number of non-ortho nitro benzene ring substituents is 1. The van der Waals surface area contributed by atoms with Crippen molar-refractivity contribution in [1.82, 2.24) is 14.5 Å². The zero-order chi connectivity index (χ0) is 23.0. The third kappa shape index (κ3) is 3.58. The van der Waals surface area contributed by atoms with Crippen LogP contribution in [-0.4, -0.2) is 26.6 Å². The van der Waals surface area contributed by atoms with Crippen molar-refractivity contribution in [3.05, 3.63) is 81.2 Å². The number of rotatable bonds is 5. The summed E-state index contributed by atoms with van der Waals surface area (Å²) in [5.74, 6) is 0.304. The minimum Gasteiger partial charge on any atom is -0.494 e. The average Bonchev–Trinajstić information content (AvgIpc) is 3.31. The van der Waals surface area contributed by atoms with Gasteiger partial charge in [0.25, 0.3) is 5.69 Å². The number of nitro benzene ring substituents is 1. The van der Waals surface area contributed by atoms with E-state index in [1.807, 2.05) is 24.5 Å². The first-order chi connectivity index (χ1) is 15.3. The first-order valence-corrected chi connectivity index (χ1v) is 9.61. The first kappa shape index (κ1) is 20.8. The van der Waals surface area contributed by atoms with E-state index >= 15 is 0 Å². The molecular weight excluding hydrogens is 413 g/mol. The van der Waals surface area contributed by atoms with Gasteiger partial charge in [-0.25, -0.2) is 9.37 Å². The Morgan fingerprint density at radius 2 is 2.06 bits per heavy atom. The van der Waals surface area contributed by atoms with Crippen LogP contribution in [0.15, 0.2) is 42.5 Å². The maximum atomic E-state index is 13.5. The lowest BCUT2D eigenvalue weighted by Gasteiger charge is -2.13. The van der Waals surface area contributed by atoms with Crippen LogP contribution in [0.4, 0.5) is 10.1 Å². The van der Waals surface area contributed by atoms with Crippen molar-refractivity contribution in [3.63, 3.8) is 0 Å². The van der Waals surface area contributed by atoms with Crippen molar-refractivity contribution in [2.24, 2.45) is 0 Å². The lowest BCUT2D eigenvalue weighted by Crippen LogP contribution is -2.03. The summed E-state index contributed by atoms with van der Waals surface area (Å²) >= 11 is 0. The van der Waals surface area contributed by atoms with Crippen molar-refractivity contribution in [2.45, 2.75) is 13.8 Å². The van der Waals surface area contributed by atoms with Crippen molar-refractivity contribution in [1.29, 1.82) is 5.26 Å². The van der Waals surface area contributed by atoms with Crippen molar-refractivity contribution >= 4 is 28.4 Å². The zero-order valence-corrected chi connectivity index (χ0v) is 17.5. The summed E-state index contributed by atoms with van der Waals surface area (Å²) in [6.45, 7) is 3.77. The highest BCUT2D eigenvalue weighted by Crippen LogP contribution is 2.32. The number of methoxy groups -OCH3 is 1. The second kappa shape index (κ2) is 8.00. The van der Waals surface area contributed by atoms with Crippen LogP contribution in [0.1, 0.15) is 22.8 Å². The van der Waals surface area contributed by atoms with Gasteiger partial charge >= 0.3 is 0 Å². The number of aromatic nitrogens is 3. The van der Waals surface area contributed by atoms with Gasteiger partial charge in [0, 0.05) is 17.5 Å². The summed E-state index contributed by atoms with van der Waals surface area (Å²) in [5.41, 5.74) is 4.36. The number of hydrogen-bond donors (Lipinski definition) is 1. The molecular formula is C23H18FN5O3. The molecule has 0 bridgehead atoms. The SMILES string of the molecule is COc1cc([N+](=O)[O-])ccc1-n1c(C)cc(/C=C(/C#N)c2nc3ccc(F)cc3[nH]2)c1C. The standard InChI is InChI=1S/C23H18FN5O3/c1-13-8-15(9-16(12-25)23-26-19-6-4-17(24)10-20(19)27-23)14(2)28(13)21-7-5-18(29(30)31)11-22(21)32-3/h4-11H,1-3H3,(H,26,27)/b16-9-. The fraction of sp³-hybridized carbons (Fsp3) is 0.130. The van der Waals surface area contributed by atoms with Crippen LogP contribution >= 0.6 is 0 Å². The summed E-state index contributed by atoms with van der Waals surface area (Å²) in [5, 5.41) is 20.8. The van der Waals surface area contributed by atoms with E-state index < -0.39 is 10.7 Å². The Kier molecular flexibility index (Phi) is 5.20. The molecule has 0 saturated heterocycles. The maximum Gasteiger partial charge on any atom is 0.273 e. The Morgan fingerprint density at radius 1 is 1.28 bits per heavy atom. The van der Waals surface area contributed by atoms with Crippen LogP contribution in [0.2, 0.25) is 0 Å². The smallest absolute Gasteiger partial charge is 0.273 e. The molecule has 0 aliphatic carbocycles. The number of aromatic amines is 1. The molecule has 0 radical (unpaired) electrons. The molecule has 0 fully saturated rings. The summed E-state index contributed by atoms with van der Waals surface area (Å²) in [4.78, 5) is 18.0. The predicted octanol–water partition coefficient (Wildman–Crippen LogP) is 5.09. The number of hydrogen-bond acceptors (Lipinski definition) is 5. The molecule has 2 aromatic heterocycles. The molecule has 4 rings (SSSR count). The number of fused-ring (bicyclic) bond motifs is 1. The van der Waals surface area contributed by atoms with Crippen LogP contribution in [0, 0.1) is 41.1 Å². The summed E-state index contributed by atoms with van der Waals surface area (Å²) in [6, 6.07) is 12.7. The average molecular weight is 431 g/mol. The Morgan fingerprint density at radius 3 is 2.75 bits per heavy atom. The molecule has 0 aliphatic rings. The number of nitriles is 1. The van der Waals surface area contributed by atoms with E-state index in [4.69, 9.17) is 4.74 Å². The molecule has 9 heteroatoms. The van der Waals surface area contributed by atoms with Crippen molar-refractivity contribution in [3.8, 4) is 17.5 Å². The molecule has 32 heavy (non-hydrogen) atoms. The Labute approximate surface area is 182 Å². The van der Waals surface area contributed by atoms with Crippen LogP contribution in [-0.2, 0) is 0 Å². The minimum atomic E-state index is -0.478. The van der Waals surface area contributed by atoms with Gasteiger partial charge in [0.1, 0.15) is 23.5 Å². The molecule has 160 valence electrons. The number of nitrogens with one attached hydrogen (secondary N) is 1. The highest BCUT2D eigenvalue weighted by atomic mass is 19.1. The molecule has 0 aliphatic heterocycles. The van der Waals surface area contributed by atoms with E-state index in [0.717, 1.165) is 17.0 Å². The number of halogens is 1. The Hall–Kier alpha value is -4.45. The molecule has 4 aromatic rings. The van der Waals surface area contributed by atoms with Gasteiger partial charge in [-0.3, -0.25) is 10.1 Å². The Bertz CT molecular complexity index is 1440. The second-order valence-corrected chi connectivity index (χ2v) is 7.19. The monoisotopic (exact) mass is 431 g/mol. The highest BCUT2D eigenvalue weighted by Gasteiger charge is 2.18. The molecule has 1 N–H and O–H groups in total. The molecule has 0 atom stereocenters. The number of ether oxygens (including phenoxy) is 1. The summed E-state index contributed by atoms with van der Waals surface area (Å²) in [7, 11) is 1.45. The number of imidazole rings is 1. The molecule has 0 saturated carbocycles. The highest BCUT2D eigenvalue weighted by molar-refractivity contribution is 5.90. The number of nitro groups is 1. The normalized spacial score (nSPS) is 11.5. The third-order valence-electron chi connectivity index (χ3n) is 5.20. The van der Waals surface area contributed by atoms with Gasteiger partial charge in [0.2, 0.25) is 0 Å². The van der Waals surface area contributed by atoms with E-state index in [0.29, 0.717) is 28.3 Å². The zero-order valence-electron chi connectivity index (χ0n) is 17.5. The quantitative estimate of drug-likeness (QED) is 0.269. The fourth-order valence-electron chi connectivity index (χ4n) is 3.69. The predicted molar refractivity (Wildman–Crippen MR) is 118 cm³/mol. The van der Waals surface area contributed by atoms with E-state index in [9.17, 15) is 19.8 Å². The number of nitrogens with zero attached hydrogens (tertiary/aromatic N) is 4. The van der Waals surface area contributed by atoms with E-state index in [-0.39, 0.29) is 11.3 Å². The molecule has 2 heterocycles. The van der Waals surface area contributed by atoms with Gasteiger partial charge in [-0.1, -0.05) is 0 Å². The second-order valence-electron chi connectivity index (χ2n) is 7.19. The third-order valence-corrected chi connectivity index (χ3v) is 5.20. The van der Waals surface area contributed by atoms with Gasteiger partial charge in [0.15, 0.2) is 0 Å². The van der Waals surface area contributed by atoms with E-state index in [2.05, 4.69) is 16.0 Å². The largest absolute Gasteiger partial charge is 0.494 e. The molecule has 0 amide bonds. The van der Waals surface area contributed by atoms with Crippen LogP contribution in [0.25, 0.3) is 28.4 Å². The number of allylic oxidation sites excluding steroid dienone is 1. The topological polar surface area (TPSA) is 110 Å². The van der Waals surface area contributed by atoms with Gasteiger partial charge in [-0.15, -0.1) is 0 Å².